The molecule has 0 bridgehead atoms. The fourth-order valence-corrected chi connectivity index (χ4v) is 14.0. The number of pyridine rings is 1. The molecule has 4 aromatic rings. The highest BCUT2D eigenvalue weighted by Gasteiger charge is 2.42. The van der Waals surface area contributed by atoms with Gasteiger partial charge in [0, 0.05) is 43.9 Å². The Balaban J connectivity index is 1.55. The van der Waals surface area contributed by atoms with E-state index in [0.29, 0.717) is 81.3 Å². The fraction of sp³-hybridized carbons (Fsp3) is 0.523. The molecule has 2 aromatic heterocycles. The van der Waals surface area contributed by atoms with E-state index < -0.39 is 19.7 Å². The van der Waals surface area contributed by atoms with Crippen LogP contribution >= 0.6 is 0 Å². The first-order chi connectivity index (χ1) is 27.5. The Labute approximate surface area is 336 Å². The van der Waals surface area contributed by atoms with Crippen molar-refractivity contribution >= 4 is 35.6 Å². The third kappa shape index (κ3) is 9.25. The summed E-state index contributed by atoms with van der Waals surface area (Å²) in [6.07, 6.45) is 7.48. The maximum atomic E-state index is 17.5. The van der Waals surface area contributed by atoms with E-state index in [-0.39, 0.29) is 42.1 Å². The number of hydrazine groups is 1. The first kappa shape index (κ1) is 42.4. The van der Waals surface area contributed by atoms with Gasteiger partial charge < -0.3 is 19.5 Å². The summed E-state index contributed by atoms with van der Waals surface area (Å²) in [6, 6.07) is 6.52. The van der Waals surface area contributed by atoms with Crippen LogP contribution in [-0.2, 0) is 4.74 Å². The van der Waals surface area contributed by atoms with E-state index in [1.165, 1.54) is 13.2 Å². The normalized spacial score (nSPS) is 17.9. The molecule has 2 aromatic carbocycles. The molecule has 306 valence electrons. The number of hydrogen-bond acceptors (Lipinski definition) is 9. The number of nitrogens with zero attached hydrogens (tertiary/aromatic N) is 4. The number of nitrogens with one attached hydrogen (secondary N) is 2. The molecule has 2 saturated heterocycles. The maximum Gasteiger partial charge on any atom is 0.319 e. The molecule has 0 saturated carbocycles. The Kier molecular flexibility index (Phi) is 14.1. The Morgan fingerprint density at radius 3 is 2.51 bits per heavy atom. The Morgan fingerprint density at radius 2 is 1.77 bits per heavy atom. The van der Waals surface area contributed by atoms with Crippen molar-refractivity contribution in [1.82, 2.24) is 25.7 Å². The molecule has 1 atom stereocenters. The van der Waals surface area contributed by atoms with Crippen LogP contribution in [0.25, 0.3) is 32.9 Å². The number of anilines is 1. The number of fused-ring (bicyclic) bond motifs is 2. The highest BCUT2D eigenvalue weighted by Crippen LogP contribution is 2.42. The van der Waals surface area contributed by atoms with Crippen LogP contribution in [0.2, 0.25) is 16.6 Å². The Morgan fingerprint density at radius 1 is 0.982 bits per heavy atom. The second-order valence-corrected chi connectivity index (χ2v) is 21.9. The van der Waals surface area contributed by atoms with Crippen LogP contribution in [0.15, 0.2) is 42.4 Å². The molecule has 0 spiro atoms. The van der Waals surface area contributed by atoms with Crippen molar-refractivity contribution in [2.75, 3.05) is 51.7 Å². The SMILES string of the molecule is COCOc1cc(-c2ncc3c(N4CCCCCN4)nc(OCC4CCCNC/C(=C/F)C4)nc3c2F)c2c(C#C[Si](C(C)C)(C(C)C)C(C)C)c(F)ccc2c1. The molecule has 0 radical (unpaired) electrons. The van der Waals surface area contributed by atoms with Crippen molar-refractivity contribution in [1.29, 1.82) is 0 Å². The van der Waals surface area contributed by atoms with Crippen LogP contribution in [0.5, 0.6) is 11.8 Å². The average Bonchev–Trinajstić information content (AvgIpc) is 3.47. The number of aromatic nitrogens is 3. The lowest BCUT2D eigenvalue weighted by atomic mass is 9.94. The van der Waals surface area contributed by atoms with Crippen LogP contribution < -0.4 is 25.2 Å². The standard InChI is InChI=1S/C44H57F3N6O3Si/c1-28(2)57(29(3)4,30(5)6)19-15-35-38(46)14-13-33-21-34(56-27-54-7)22-36(39(33)35)41-40(47)42-37(25-49-41)43(53-18-10-8-9-17-50-53)52-44(51-42)55-26-31-12-11-16-48-24-32(20-31)23-45/h13-14,21-23,25,28-31,48,50H,8-12,16-18,20,24,26-27H2,1-7H3/b32-23+. The predicted octanol–water partition coefficient (Wildman–Crippen LogP) is 9.79. The van der Waals surface area contributed by atoms with Gasteiger partial charge in [-0.3, -0.25) is 9.99 Å². The van der Waals surface area contributed by atoms with Crippen LogP contribution in [0, 0.1) is 29.0 Å². The van der Waals surface area contributed by atoms with Crippen LogP contribution in [0.1, 0.15) is 85.6 Å². The molecule has 6 rings (SSSR count). The smallest absolute Gasteiger partial charge is 0.319 e. The van der Waals surface area contributed by atoms with Gasteiger partial charge in [-0.25, -0.2) is 18.6 Å². The largest absolute Gasteiger partial charge is 0.468 e. The fourth-order valence-electron chi connectivity index (χ4n) is 8.79. The number of ether oxygens (including phenoxy) is 3. The van der Waals surface area contributed by atoms with Crippen LogP contribution in [-0.4, -0.2) is 69.7 Å². The molecular weight excluding hydrogens is 746 g/mol. The molecule has 57 heavy (non-hydrogen) atoms. The van der Waals surface area contributed by atoms with Crippen molar-refractivity contribution in [3.8, 4) is 34.5 Å². The minimum atomic E-state index is -2.28. The summed E-state index contributed by atoms with van der Waals surface area (Å²) in [7, 11) is -0.764. The molecule has 4 heterocycles. The van der Waals surface area contributed by atoms with Gasteiger partial charge in [0.15, 0.2) is 18.4 Å². The molecule has 1 unspecified atom stereocenters. The lowest BCUT2D eigenvalue weighted by molar-refractivity contribution is 0.0512. The average molecular weight is 803 g/mol. The summed E-state index contributed by atoms with van der Waals surface area (Å²) in [6.45, 7) is 16.1. The van der Waals surface area contributed by atoms with E-state index in [1.54, 1.807) is 24.4 Å². The van der Waals surface area contributed by atoms with Gasteiger partial charge in [-0.2, -0.15) is 9.97 Å². The minimum absolute atomic E-state index is 0.0163. The van der Waals surface area contributed by atoms with Gasteiger partial charge in [0.25, 0.3) is 0 Å². The Bertz CT molecular complexity index is 2110. The molecule has 0 amide bonds. The number of methoxy groups -OCH3 is 1. The summed E-state index contributed by atoms with van der Waals surface area (Å²) in [4.78, 5) is 14.2. The Hall–Kier alpha value is -4.22. The van der Waals surface area contributed by atoms with Gasteiger partial charge in [-0.05, 0) is 90.3 Å². The number of halogens is 3. The zero-order valence-electron chi connectivity index (χ0n) is 34.4. The molecule has 2 fully saturated rings. The highest BCUT2D eigenvalue weighted by molar-refractivity contribution is 6.90. The second kappa shape index (κ2) is 19.0. The van der Waals surface area contributed by atoms with E-state index in [2.05, 4.69) is 68.7 Å². The van der Waals surface area contributed by atoms with Gasteiger partial charge in [-0.15, -0.1) is 5.54 Å². The molecule has 9 nitrogen and oxygen atoms in total. The number of rotatable bonds is 11. The summed E-state index contributed by atoms with van der Waals surface area (Å²) >= 11 is 0. The summed E-state index contributed by atoms with van der Waals surface area (Å²) < 4.78 is 64.7. The molecule has 2 aliphatic rings. The molecule has 2 N–H and O–H groups in total. The zero-order chi connectivity index (χ0) is 40.7. The summed E-state index contributed by atoms with van der Waals surface area (Å²) in [5.74, 6) is 3.02. The lowest BCUT2D eigenvalue weighted by Gasteiger charge is -2.38. The van der Waals surface area contributed by atoms with Crippen LogP contribution in [0.4, 0.5) is 19.0 Å². The van der Waals surface area contributed by atoms with Gasteiger partial charge in [0.2, 0.25) is 0 Å². The summed E-state index contributed by atoms with van der Waals surface area (Å²) in [5, 5.41) is 6.64. The first-order valence-electron chi connectivity index (χ1n) is 20.4. The lowest BCUT2D eigenvalue weighted by Crippen LogP contribution is -2.43. The van der Waals surface area contributed by atoms with Crippen molar-refractivity contribution < 1.29 is 27.4 Å². The predicted molar refractivity (Wildman–Crippen MR) is 225 cm³/mol. The minimum Gasteiger partial charge on any atom is -0.468 e. The van der Waals surface area contributed by atoms with Crippen molar-refractivity contribution in [3.05, 3.63) is 59.6 Å². The van der Waals surface area contributed by atoms with E-state index in [4.69, 9.17) is 24.2 Å². The van der Waals surface area contributed by atoms with E-state index >= 15 is 8.78 Å². The third-order valence-electron chi connectivity index (χ3n) is 11.6. The topological polar surface area (TPSA) is 93.7 Å². The monoisotopic (exact) mass is 802 g/mol. The highest BCUT2D eigenvalue weighted by atomic mass is 28.3. The van der Waals surface area contributed by atoms with Crippen molar-refractivity contribution in [3.63, 3.8) is 0 Å². The molecule has 2 aliphatic heterocycles. The maximum absolute atomic E-state index is 17.5. The molecule has 13 heteroatoms. The van der Waals surface area contributed by atoms with Crippen molar-refractivity contribution in [2.45, 2.75) is 96.7 Å². The molecular formula is C44H57F3N6O3Si. The van der Waals surface area contributed by atoms with Gasteiger partial charge in [-0.1, -0.05) is 60.0 Å². The first-order valence-corrected chi connectivity index (χ1v) is 22.6. The van der Waals surface area contributed by atoms with E-state index in [9.17, 15) is 4.39 Å². The third-order valence-corrected chi connectivity index (χ3v) is 17.9. The zero-order valence-corrected chi connectivity index (χ0v) is 35.4. The second-order valence-electron chi connectivity index (χ2n) is 16.3. The number of hydrogen-bond donors (Lipinski definition) is 2. The quantitative estimate of drug-likeness (QED) is 0.0874. The van der Waals surface area contributed by atoms with E-state index in [0.717, 1.165) is 45.2 Å². The van der Waals surface area contributed by atoms with E-state index in [1.807, 2.05) is 5.01 Å². The van der Waals surface area contributed by atoms with Crippen molar-refractivity contribution in [2.24, 2.45) is 5.92 Å². The van der Waals surface area contributed by atoms with Gasteiger partial charge in [0.05, 0.1) is 23.9 Å². The summed E-state index contributed by atoms with van der Waals surface area (Å²) in [5.41, 5.74) is 9.25. The van der Waals surface area contributed by atoms with Gasteiger partial charge >= 0.3 is 6.01 Å². The van der Waals surface area contributed by atoms with Crippen LogP contribution in [0.3, 0.4) is 0 Å². The molecule has 0 aliphatic carbocycles. The number of benzene rings is 2. The van der Waals surface area contributed by atoms with Gasteiger partial charge in [0.1, 0.15) is 30.9 Å².